The summed E-state index contributed by atoms with van der Waals surface area (Å²) in [7, 11) is 0. The summed E-state index contributed by atoms with van der Waals surface area (Å²) >= 11 is 0. The molecule has 0 amide bonds. The molecule has 0 radical (unpaired) electrons. The molecule has 0 spiro atoms. The van der Waals surface area contributed by atoms with Crippen molar-refractivity contribution in [2.45, 2.75) is 6.92 Å². The Kier molecular flexibility index (Phi) is 8.78. The highest BCUT2D eigenvalue weighted by Crippen LogP contribution is 2.37. The normalized spacial score (nSPS) is 10.3. The number of rotatable bonds is 10. The molecule has 0 heterocycles. The molecule has 0 bridgehead atoms. The third-order valence-corrected chi connectivity index (χ3v) is 6.43. The summed E-state index contributed by atoms with van der Waals surface area (Å²) in [4.78, 5) is 25.6. The van der Waals surface area contributed by atoms with E-state index < -0.39 is 11.9 Å². The van der Waals surface area contributed by atoms with Gasteiger partial charge in [-0.15, -0.1) is 0 Å². The molecule has 212 valence electrons. The van der Waals surface area contributed by atoms with Crippen LogP contribution >= 0.6 is 0 Å². The molecular weight excluding hydrogens is 538 g/mol. The highest BCUT2D eigenvalue weighted by Gasteiger charge is 2.14. The third-order valence-electron chi connectivity index (χ3n) is 6.43. The fourth-order valence-corrected chi connectivity index (χ4v) is 4.27. The molecule has 0 aromatic heterocycles. The minimum Gasteiger partial charge on any atom is -0.457 e. The highest BCUT2D eigenvalue weighted by molar-refractivity contribution is 5.89. The molecule has 0 atom stereocenters. The predicted molar refractivity (Wildman–Crippen MR) is 169 cm³/mol. The molecule has 0 aliphatic carbocycles. The Morgan fingerprint density at radius 2 is 1.00 bits per heavy atom. The van der Waals surface area contributed by atoms with Crippen LogP contribution < -0.4 is 19.1 Å². The van der Waals surface area contributed by atoms with Gasteiger partial charge in [0.25, 0.3) is 0 Å². The zero-order valence-electron chi connectivity index (χ0n) is 23.6. The largest absolute Gasteiger partial charge is 0.457 e. The van der Waals surface area contributed by atoms with Gasteiger partial charge in [-0.1, -0.05) is 55.6 Å². The Labute approximate surface area is 250 Å². The number of hydrogen-bond donors (Lipinski definition) is 0. The van der Waals surface area contributed by atoms with Gasteiger partial charge in [0.05, 0.1) is 0 Å². The molecule has 5 aromatic rings. The number of esters is 2. The molecule has 43 heavy (non-hydrogen) atoms. The van der Waals surface area contributed by atoms with Gasteiger partial charge in [-0.25, -0.2) is 9.59 Å². The maximum absolute atomic E-state index is 11.8. The van der Waals surface area contributed by atoms with Crippen molar-refractivity contribution in [3.8, 4) is 34.1 Å². The van der Waals surface area contributed by atoms with Crippen molar-refractivity contribution in [2.75, 3.05) is 4.90 Å². The maximum atomic E-state index is 11.8. The predicted octanol–water partition coefficient (Wildman–Crippen LogP) is 9.19. The van der Waals surface area contributed by atoms with E-state index >= 15 is 0 Å². The lowest BCUT2D eigenvalue weighted by molar-refractivity contribution is -0.130. The van der Waals surface area contributed by atoms with Crippen LogP contribution in [0.2, 0.25) is 0 Å². The first-order chi connectivity index (χ1) is 20.9. The Morgan fingerprint density at radius 3 is 1.51 bits per heavy atom. The first kappa shape index (κ1) is 28.6. The second-order valence-corrected chi connectivity index (χ2v) is 9.60. The minimum atomic E-state index is -0.517. The van der Waals surface area contributed by atoms with E-state index in [0.717, 1.165) is 40.0 Å². The molecule has 0 aliphatic heterocycles. The first-order valence-corrected chi connectivity index (χ1v) is 13.6. The van der Waals surface area contributed by atoms with Gasteiger partial charge >= 0.3 is 11.9 Å². The smallest absolute Gasteiger partial charge is 0.338 e. The number of benzene rings is 5. The van der Waals surface area contributed by atoms with E-state index in [4.69, 9.17) is 14.2 Å². The highest BCUT2D eigenvalue weighted by atomic mass is 16.5. The Hall–Kier alpha value is -5.88. The van der Waals surface area contributed by atoms with E-state index in [-0.39, 0.29) is 0 Å². The van der Waals surface area contributed by atoms with Crippen LogP contribution in [0.15, 0.2) is 152 Å². The zero-order valence-corrected chi connectivity index (χ0v) is 23.6. The van der Waals surface area contributed by atoms with Gasteiger partial charge in [0, 0.05) is 28.7 Å². The van der Waals surface area contributed by atoms with E-state index in [0.29, 0.717) is 22.8 Å². The lowest BCUT2D eigenvalue weighted by atomic mass is 10.0. The van der Waals surface area contributed by atoms with Crippen molar-refractivity contribution < 1.29 is 23.8 Å². The number of hydrogen-bond acceptors (Lipinski definition) is 6. The maximum Gasteiger partial charge on any atom is 0.338 e. The zero-order chi connectivity index (χ0) is 30.2. The van der Waals surface area contributed by atoms with E-state index in [2.05, 4.69) is 18.1 Å². The van der Waals surface area contributed by atoms with E-state index in [9.17, 15) is 9.59 Å². The topological polar surface area (TPSA) is 65.1 Å². The average molecular weight is 568 g/mol. The monoisotopic (exact) mass is 567 g/mol. The summed E-state index contributed by atoms with van der Waals surface area (Å²) in [5.41, 5.74) is 5.02. The molecule has 0 N–H and O–H groups in total. The van der Waals surface area contributed by atoms with Gasteiger partial charge in [-0.3, -0.25) is 0 Å². The van der Waals surface area contributed by atoms with Crippen LogP contribution in [0.5, 0.6) is 23.0 Å². The first-order valence-electron chi connectivity index (χ1n) is 13.6. The number of para-hydroxylation sites is 1. The number of nitrogens with zero attached hydrogens (tertiary/aromatic N) is 1. The summed E-state index contributed by atoms with van der Waals surface area (Å²) in [5, 5.41) is 0. The van der Waals surface area contributed by atoms with Gasteiger partial charge in [-0.05, 0) is 103 Å². The fraction of sp³-hybridized carbons (Fsp3) is 0.0270. The SMILES string of the molecule is C=CC(=O)Oc1ccc(N(c2ccc(Oc3ccccc3)cc2)c2ccc(-c3ccc(OC(=O)C(=C)C)cc3)cc2)cc1. The van der Waals surface area contributed by atoms with Crippen LogP contribution in [0.25, 0.3) is 11.1 Å². The quantitative estimate of drug-likeness (QED) is 0.0952. The van der Waals surface area contributed by atoms with Crippen LogP contribution in [0.3, 0.4) is 0 Å². The molecule has 5 rings (SSSR count). The van der Waals surface area contributed by atoms with Crippen molar-refractivity contribution in [2.24, 2.45) is 0 Å². The molecule has 6 heteroatoms. The van der Waals surface area contributed by atoms with Crippen molar-refractivity contribution in [3.63, 3.8) is 0 Å². The van der Waals surface area contributed by atoms with Crippen LogP contribution in [-0.4, -0.2) is 11.9 Å². The average Bonchev–Trinajstić information content (AvgIpc) is 3.04. The van der Waals surface area contributed by atoms with Crippen LogP contribution in [0.1, 0.15) is 6.92 Å². The Balaban J connectivity index is 1.42. The molecule has 0 saturated carbocycles. The van der Waals surface area contributed by atoms with Crippen LogP contribution in [0, 0.1) is 0 Å². The summed E-state index contributed by atoms with van der Waals surface area (Å²) < 4.78 is 16.6. The minimum absolute atomic E-state index is 0.343. The van der Waals surface area contributed by atoms with Crippen molar-refractivity contribution in [1.29, 1.82) is 0 Å². The van der Waals surface area contributed by atoms with E-state index in [1.807, 2.05) is 103 Å². The summed E-state index contributed by atoms with van der Waals surface area (Å²) in [5.74, 6) is 1.39. The van der Waals surface area contributed by atoms with Crippen LogP contribution in [0.4, 0.5) is 17.1 Å². The van der Waals surface area contributed by atoms with E-state index in [1.165, 1.54) is 0 Å². The Bertz CT molecular complexity index is 1730. The van der Waals surface area contributed by atoms with Crippen molar-refractivity contribution in [3.05, 3.63) is 152 Å². The second-order valence-electron chi connectivity index (χ2n) is 9.60. The van der Waals surface area contributed by atoms with Gasteiger partial charge < -0.3 is 19.1 Å². The second kappa shape index (κ2) is 13.2. The molecule has 0 saturated heterocycles. The molecular formula is C37H29NO5. The molecule has 0 aliphatic rings. The number of carbonyl (C=O) groups excluding carboxylic acids is 2. The molecule has 6 nitrogen and oxygen atoms in total. The lowest BCUT2D eigenvalue weighted by Crippen LogP contribution is -2.10. The van der Waals surface area contributed by atoms with Gasteiger partial charge in [0.1, 0.15) is 23.0 Å². The van der Waals surface area contributed by atoms with Gasteiger partial charge in [-0.2, -0.15) is 0 Å². The van der Waals surface area contributed by atoms with Gasteiger partial charge in [0.2, 0.25) is 0 Å². The fourth-order valence-electron chi connectivity index (χ4n) is 4.27. The van der Waals surface area contributed by atoms with Crippen LogP contribution in [-0.2, 0) is 9.59 Å². The summed E-state index contributed by atoms with van der Waals surface area (Å²) in [6.07, 6.45) is 1.13. The third kappa shape index (κ3) is 7.26. The number of ether oxygens (including phenoxy) is 3. The molecule has 5 aromatic carbocycles. The molecule has 0 unspecified atom stereocenters. The van der Waals surface area contributed by atoms with Gasteiger partial charge in [0.15, 0.2) is 0 Å². The number of carbonyl (C=O) groups is 2. The summed E-state index contributed by atoms with van der Waals surface area (Å²) in [6, 6.07) is 40.2. The van der Waals surface area contributed by atoms with Crippen molar-refractivity contribution in [1.82, 2.24) is 0 Å². The standard InChI is InChI=1S/C37H29NO5/c1-4-36(39)42-34-24-18-31(19-25-34)38(30-16-22-33(23-17-30)41-32-8-6-5-7-9-32)29-14-10-27(11-15-29)28-12-20-35(21-13-28)43-37(40)26(2)3/h4-25H,1-2H2,3H3. The number of anilines is 3. The lowest BCUT2D eigenvalue weighted by Gasteiger charge is -2.26. The Morgan fingerprint density at radius 1 is 0.581 bits per heavy atom. The van der Waals surface area contributed by atoms with Crippen molar-refractivity contribution >= 4 is 29.0 Å². The molecule has 0 fully saturated rings. The summed E-state index contributed by atoms with van der Waals surface area (Å²) in [6.45, 7) is 8.68. The van der Waals surface area contributed by atoms with E-state index in [1.54, 1.807) is 31.2 Å².